The van der Waals surface area contributed by atoms with Crippen molar-refractivity contribution >= 4 is 23.5 Å². The largest absolute Gasteiger partial charge is 0.344 e. The van der Waals surface area contributed by atoms with Gasteiger partial charge in [0.1, 0.15) is 5.82 Å². The van der Waals surface area contributed by atoms with Crippen molar-refractivity contribution in [3.05, 3.63) is 101 Å². The van der Waals surface area contributed by atoms with Gasteiger partial charge in [-0.05, 0) is 30.2 Å². The summed E-state index contributed by atoms with van der Waals surface area (Å²) in [6.45, 7) is 1.39. The van der Waals surface area contributed by atoms with Gasteiger partial charge in [-0.2, -0.15) is 0 Å². The van der Waals surface area contributed by atoms with E-state index in [4.69, 9.17) is 0 Å². The Morgan fingerprint density at radius 3 is 2.00 bits per heavy atom. The Hall–Kier alpha value is -2.92. The van der Waals surface area contributed by atoms with Crippen LogP contribution in [0.5, 0.6) is 0 Å². The highest BCUT2D eigenvalue weighted by molar-refractivity contribution is 8.00. The smallest absolute Gasteiger partial charge is 0.231 e. The van der Waals surface area contributed by atoms with E-state index in [1.807, 2.05) is 60.7 Å². The summed E-state index contributed by atoms with van der Waals surface area (Å²) in [7, 11) is 0. The highest BCUT2D eigenvalue weighted by Gasteiger charge is 2.17. The second-order valence-electron chi connectivity index (χ2n) is 6.31. The number of carbonyl (C=O) groups excluding carboxylic acids is 2. The van der Waals surface area contributed by atoms with E-state index in [1.165, 1.54) is 19.1 Å². The fourth-order valence-electron chi connectivity index (χ4n) is 2.83. The number of Topliss-reactive ketones (excluding diaryl/α,β-unsaturated/α-hetero) is 1. The Kier molecular flexibility index (Phi) is 6.61. The lowest BCUT2D eigenvalue weighted by Crippen LogP contribution is -2.30. The molecule has 142 valence electrons. The van der Waals surface area contributed by atoms with Gasteiger partial charge in [0.15, 0.2) is 5.78 Å². The quantitative estimate of drug-likeness (QED) is 0.453. The molecule has 3 nitrogen and oxygen atoms in total. The molecule has 0 aliphatic heterocycles. The van der Waals surface area contributed by atoms with Gasteiger partial charge in [0, 0.05) is 10.5 Å². The van der Waals surface area contributed by atoms with E-state index in [1.54, 1.807) is 6.07 Å². The Bertz CT molecular complexity index is 921. The molecular weight excluding hydrogens is 373 g/mol. The Morgan fingerprint density at radius 1 is 0.929 bits per heavy atom. The fraction of sp³-hybridized carbons (Fsp3) is 0.130. The molecule has 0 bridgehead atoms. The molecule has 0 saturated heterocycles. The van der Waals surface area contributed by atoms with Crippen LogP contribution in [0.1, 0.15) is 34.5 Å². The zero-order valence-corrected chi connectivity index (χ0v) is 16.2. The zero-order valence-electron chi connectivity index (χ0n) is 15.4. The van der Waals surface area contributed by atoms with Crippen LogP contribution >= 0.6 is 11.8 Å². The van der Waals surface area contributed by atoms with E-state index in [-0.39, 0.29) is 23.5 Å². The first kappa shape index (κ1) is 19.8. The van der Waals surface area contributed by atoms with Crippen molar-refractivity contribution in [2.24, 2.45) is 0 Å². The lowest BCUT2D eigenvalue weighted by Gasteiger charge is -2.20. The van der Waals surface area contributed by atoms with Gasteiger partial charge in [-0.25, -0.2) is 4.39 Å². The number of rotatable bonds is 7. The van der Waals surface area contributed by atoms with Crippen LogP contribution in [-0.2, 0) is 4.79 Å². The zero-order chi connectivity index (χ0) is 19.9. The predicted octanol–water partition coefficient (Wildman–Crippen LogP) is 5.03. The van der Waals surface area contributed by atoms with Crippen molar-refractivity contribution in [1.82, 2.24) is 5.32 Å². The van der Waals surface area contributed by atoms with Crippen LogP contribution in [0.15, 0.2) is 83.8 Å². The van der Waals surface area contributed by atoms with Crippen LogP contribution in [0.4, 0.5) is 4.39 Å². The van der Waals surface area contributed by atoms with E-state index < -0.39 is 5.82 Å². The van der Waals surface area contributed by atoms with Gasteiger partial charge < -0.3 is 5.32 Å². The molecule has 3 rings (SSSR count). The highest BCUT2D eigenvalue weighted by atomic mass is 32.2. The number of thioether (sulfide) groups is 1. The normalized spacial score (nSPS) is 10.7. The molecule has 3 aromatic rings. The molecule has 0 aliphatic rings. The Morgan fingerprint density at radius 2 is 1.50 bits per heavy atom. The lowest BCUT2D eigenvalue weighted by atomic mass is 9.99. The molecule has 0 heterocycles. The lowest BCUT2D eigenvalue weighted by molar-refractivity contribution is -0.119. The summed E-state index contributed by atoms with van der Waals surface area (Å²) >= 11 is 1.11. The summed E-state index contributed by atoms with van der Waals surface area (Å²) in [6, 6.07) is 23.5. The van der Waals surface area contributed by atoms with Crippen molar-refractivity contribution in [2.75, 3.05) is 5.75 Å². The topological polar surface area (TPSA) is 46.2 Å². The van der Waals surface area contributed by atoms with E-state index in [0.717, 1.165) is 22.9 Å². The van der Waals surface area contributed by atoms with Crippen LogP contribution in [0.2, 0.25) is 0 Å². The molecule has 28 heavy (non-hydrogen) atoms. The number of ketones is 1. The monoisotopic (exact) mass is 393 g/mol. The van der Waals surface area contributed by atoms with Gasteiger partial charge >= 0.3 is 0 Å². The Labute approximate surface area is 168 Å². The number of benzene rings is 3. The molecule has 0 aliphatic carbocycles. The van der Waals surface area contributed by atoms with Gasteiger partial charge in [-0.1, -0.05) is 66.7 Å². The molecule has 0 fully saturated rings. The van der Waals surface area contributed by atoms with Gasteiger partial charge in [0.05, 0.1) is 11.8 Å². The number of hydrogen-bond acceptors (Lipinski definition) is 3. The van der Waals surface area contributed by atoms with E-state index >= 15 is 0 Å². The van der Waals surface area contributed by atoms with Crippen LogP contribution in [0.3, 0.4) is 0 Å². The van der Waals surface area contributed by atoms with Crippen molar-refractivity contribution in [3.63, 3.8) is 0 Å². The van der Waals surface area contributed by atoms with Gasteiger partial charge in [-0.3, -0.25) is 9.59 Å². The Balaban J connectivity index is 1.70. The van der Waals surface area contributed by atoms with E-state index in [0.29, 0.717) is 10.5 Å². The maximum Gasteiger partial charge on any atom is 0.231 e. The van der Waals surface area contributed by atoms with Crippen molar-refractivity contribution < 1.29 is 14.0 Å². The number of nitrogens with one attached hydrogen (secondary N) is 1. The average Bonchev–Trinajstić information content (AvgIpc) is 2.72. The summed E-state index contributed by atoms with van der Waals surface area (Å²) in [6.07, 6.45) is 0. The molecule has 0 radical (unpaired) electrons. The van der Waals surface area contributed by atoms with Gasteiger partial charge in [-0.15, -0.1) is 11.8 Å². The van der Waals surface area contributed by atoms with E-state index in [9.17, 15) is 14.0 Å². The molecule has 0 saturated carbocycles. The van der Waals surface area contributed by atoms with Crippen molar-refractivity contribution in [1.29, 1.82) is 0 Å². The first-order valence-corrected chi connectivity index (χ1v) is 9.85. The number of hydrogen-bond donors (Lipinski definition) is 1. The fourth-order valence-corrected chi connectivity index (χ4v) is 3.56. The number of amides is 1. The minimum absolute atomic E-state index is 0.0759. The van der Waals surface area contributed by atoms with Gasteiger partial charge in [0.2, 0.25) is 5.91 Å². The molecule has 5 heteroatoms. The predicted molar refractivity (Wildman–Crippen MR) is 110 cm³/mol. The number of halogens is 1. The van der Waals surface area contributed by atoms with E-state index in [2.05, 4.69) is 5.32 Å². The second kappa shape index (κ2) is 9.33. The number of carbonyl (C=O) groups is 2. The maximum absolute atomic E-state index is 14.1. The van der Waals surface area contributed by atoms with Crippen molar-refractivity contribution in [2.45, 2.75) is 17.9 Å². The minimum Gasteiger partial charge on any atom is -0.344 e. The molecule has 1 amide bonds. The van der Waals surface area contributed by atoms with Crippen molar-refractivity contribution in [3.8, 4) is 0 Å². The molecule has 0 atom stereocenters. The van der Waals surface area contributed by atoms with Crippen LogP contribution in [-0.4, -0.2) is 17.4 Å². The summed E-state index contributed by atoms with van der Waals surface area (Å²) in [5.74, 6) is -0.806. The standard InChI is InChI=1S/C23H20FNO2S/c1-16(26)19-12-13-21(20(24)14-19)28-15-22(27)25-23(17-8-4-2-5-9-17)18-10-6-3-7-11-18/h2-14,23H,15H2,1H3,(H,25,27). The first-order valence-electron chi connectivity index (χ1n) is 8.87. The molecular formula is C23H20FNO2S. The summed E-state index contributed by atoms with van der Waals surface area (Å²) in [5.41, 5.74) is 2.27. The third-order valence-electron chi connectivity index (χ3n) is 4.27. The van der Waals surface area contributed by atoms with Crippen LogP contribution in [0, 0.1) is 5.82 Å². The average molecular weight is 393 g/mol. The third-order valence-corrected chi connectivity index (χ3v) is 5.32. The summed E-state index contributed by atoms with van der Waals surface area (Å²) < 4.78 is 14.1. The highest BCUT2D eigenvalue weighted by Crippen LogP contribution is 2.25. The molecule has 0 aromatic heterocycles. The maximum atomic E-state index is 14.1. The van der Waals surface area contributed by atoms with Gasteiger partial charge in [0.25, 0.3) is 0 Å². The molecule has 1 N–H and O–H groups in total. The molecule has 3 aromatic carbocycles. The first-order chi connectivity index (χ1) is 13.5. The molecule has 0 unspecified atom stereocenters. The summed E-state index contributed by atoms with van der Waals surface area (Å²) in [4.78, 5) is 24.2. The minimum atomic E-state index is -0.492. The van der Waals surface area contributed by atoms with Crippen LogP contribution < -0.4 is 5.32 Å². The third kappa shape index (κ3) is 5.08. The molecule has 0 spiro atoms. The SMILES string of the molecule is CC(=O)c1ccc(SCC(=O)NC(c2ccccc2)c2ccccc2)c(F)c1. The second-order valence-corrected chi connectivity index (χ2v) is 7.33. The summed E-state index contributed by atoms with van der Waals surface area (Å²) in [5, 5.41) is 3.03. The van der Waals surface area contributed by atoms with Crippen LogP contribution in [0.25, 0.3) is 0 Å².